The Morgan fingerprint density at radius 1 is 1.08 bits per heavy atom. The van der Waals surface area contributed by atoms with E-state index in [0.29, 0.717) is 12.5 Å². The van der Waals surface area contributed by atoms with Crippen molar-refractivity contribution in [1.29, 1.82) is 0 Å². The molecule has 0 bridgehead atoms. The zero-order chi connectivity index (χ0) is 17.5. The first-order valence-electron chi connectivity index (χ1n) is 8.61. The second-order valence-corrected chi connectivity index (χ2v) is 8.76. The summed E-state index contributed by atoms with van der Waals surface area (Å²) in [6.07, 6.45) is 1.62. The van der Waals surface area contributed by atoms with Crippen LogP contribution in [0.4, 0.5) is 0 Å². The number of benzene rings is 2. The third-order valence-electron chi connectivity index (χ3n) is 4.72. The number of rotatable bonds is 4. The van der Waals surface area contributed by atoms with Crippen LogP contribution in [0.2, 0.25) is 0 Å². The molecule has 0 aliphatic heterocycles. The molecule has 25 heavy (non-hydrogen) atoms. The Balaban J connectivity index is 0.00000225. The summed E-state index contributed by atoms with van der Waals surface area (Å²) >= 11 is 3.67. The van der Waals surface area contributed by atoms with Gasteiger partial charge in [-0.1, -0.05) is 52.3 Å². The molecule has 2 aromatic carbocycles. The predicted molar refractivity (Wildman–Crippen MR) is 114 cm³/mol. The third-order valence-corrected chi connectivity index (χ3v) is 5.38. The molecule has 2 aromatic rings. The summed E-state index contributed by atoms with van der Waals surface area (Å²) < 4.78 is 1.05. The molecular formula is C21H27Br2NO. The van der Waals surface area contributed by atoms with Crippen molar-refractivity contribution in [3.63, 3.8) is 0 Å². The van der Waals surface area contributed by atoms with E-state index in [0.717, 1.165) is 33.1 Å². The maximum absolute atomic E-state index is 11.6. The van der Waals surface area contributed by atoms with Gasteiger partial charge in [-0.2, -0.15) is 0 Å². The van der Waals surface area contributed by atoms with Gasteiger partial charge in [-0.25, -0.2) is 0 Å². The van der Waals surface area contributed by atoms with Crippen molar-refractivity contribution in [3.05, 3.63) is 58.1 Å². The first kappa shape index (κ1) is 20.6. The van der Waals surface area contributed by atoms with Gasteiger partial charge >= 0.3 is 0 Å². The van der Waals surface area contributed by atoms with Crippen molar-refractivity contribution in [3.8, 4) is 11.1 Å². The predicted octanol–water partition coefficient (Wildman–Crippen LogP) is 5.80. The van der Waals surface area contributed by atoms with Crippen LogP contribution in [0.25, 0.3) is 11.1 Å². The van der Waals surface area contributed by atoms with Crippen molar-refractivity contribution >= 4 is 32.9 Å². The van der Waals surface area contributed by atoms with Gasteiger partial charge in [0.15, 0.2) is 0 Å². The average Bonchev–Trinajstić information content (AvgIpc) is 2.76. The zero-order valence-electron chi connectivity index (χ0n) is 15.3. The first-order chi connectivity index (χ1) is 11.2. The Labute approximate surface area is 169 Å². The van der Waals surface area contributed by atoms with Crippen LogP contribution < -0.4 is 5.32 Å². The van der Waals surface area contributed by atoms with E-state index < -0.39 is 5.60 Å². The number of nitrogens with one attached hydrogen (secondary N) is 1. The first-order valence-corrected chi connectivity index (χ1v) is 9.40. The largest absolute Gasteiger partial charge is 0.380 e. The summed E-state index contributed by atoms with van der Waals surface area (Å²) in [5.74, 6) is 0. The lowest BCUT2D eigenvalue weighted by atomic mass is 9.85. The van der Waals surface area contributed by atoms with Gasteiger partial charge in [0, 0.05) is 21.6 Å². The second-order valence-electron chi connectivity index (χ2n) is 7.90. The summed E-state index contributed by atoms with van der Waals surface area (Å²) in [5, 5.41) is 15.2. The van der Waals surface area contributed by atoms with E-state index >= 15 is 0 Å². The molecule has 0 heterocycles. The van der Waals surface area contributed by atoms with E-state index in [1.807, 2.05) is 24.3 Å². The van der Waals surface area contributed by atoms with Crippen molar-refractivity contribution in [1.82, 2.24) is 5.32 Å². The number of hydrogen-bond acceptors (Lipinski definition) is 2. The standard InChI is InChI=1S/C21H26BrNO.BrH/c1-14(23-20(2,3)4)12-13-21(24)16-9-6-5-8-15(16)19-17(21)10-7-11-18(19)22;/h5-11,14,23-24H,12-13H2,1-4H3;1H. The molecule has 4 heteroatoms. The Hall–Kier alpha value is -0.680. The number of fused-ring (bicyclic) bond motifs is 3. The fraction of sp³-hybridized carbons (Fsp3) is 0.429. The Morgan fingerprint density at radius 3 is 2.40 bits per heavy atom. The van der Waals surface area contributed by atoms with Crippen molar-refractivity contribution in [2.24, 2.45) is 0 Å². The quantitative estimate of drug-likeness (QED) is 0.594. The van der Waals surface area contributed by atoms with Gasteiger partial charge in [0.05, 0.1) is 0 Å². The van der Waals surface area contributed by atoms with Crippen molar-refractivity contribution < 1.29 is 5.11 Å². The van der Waals surface area contributed by atoms with E-state index in [1.54, 1.807) is 0 Å². The summed E-state index contributed by atoms with van der Waals surface area (Å²) in [6.45, 7) is 8.72. The Kier molecular flexibility index (Phi) is 6.20. The molecule has 1 aliphatic rings. The molecule has 3 rings (SSSR count). The normalized spacial score (nSPS) is 19.8. The van der Waals surface area contributed by atoms with Gasteiger partial charge in [-0.15, -0.1) is 17.0 Å². The summed E-state index contributed by atoms with van der Waals surface area (Å²) in [7, 11) is 0. The van der Waals surface area contributed by atoms with E-state index in [1.165, 1.54) is 0 Å². The molecule has 2 unspecified atom stereocenters. The molecule has 0 amide bonds. The van der Waals surface area contributed by atoms with Crippen LogP contribution in [0.5, 0.6) is 0 Å². The van der Waals surface area contributed by atoms with Gasteiger partial charge in [-0.3, -0.25) is 0 Å². The van der Waals surface area contributed by atoms with Crippen LogP contribution >= 0.6 is 32.9 Å². The smallest absolute Gasteiger partial charge is 0.116 e. The lowest BCUT2D eigenvalue weighted by Crippen LogP contribution is -2.43. The molecule has 0 aromatic heterocycles. The zero-order valence-corrected chi connectivity index (χ0v) is 18.6. The SMILES string of the molecule is Br.CC(CCC1(O)c2ccccc2-c2c(Br)cccc21)NC(C)(C)C. The molecular weight excluding hydrogens is 442 g/mol. The van der Waals surface area contributed by atoms with Gasteiger partial charge in [0.2, 0.25) is 0 Å². The molecule has 0 saturated carbocycles. The maximum atomic E-state index is 11.6. The molecule has 136 valence electrons. The minimum Gasteiger partial charge on any atom is -0.380 e. The average molecular weight is 469 g/mol. The van der Waals surface area contributed by atoms with Crippen LogP contribution in [0, 0.1) is 0 Å². The fourth-order valence-electron chi connectivity index (χ4n) is 3.86. The topological polar surface area (TPSA) is 32.3 Å². The van der Waals surface area contributed by atoms with Gasteiger partial charge < -0.3 is 10.4 Å². The monoisotopic (exact) mass is 467 g/mol. The molecule has 2 nitrogen and oxygen atoms in total. The molecule has 0 spiro atoms. The van der Waals surface area contributed by atoms with Crippen LogP contribution in [0.15, 0.2) is 46.9 Å². The summed E-state index contributed by atoms with van der Waals surface area (Å²) in [6, 6.07) is 14.7. The lowest BCUT2D eigenvalue weighted by molar-refractivity contribution is 0.0694. The molecule has 0 radical (unpaired) electrons. The summed E-state index contributed by atoms with van der Waals surface area (Å²) in [5.41, 5.74) is 3.47. The van der Waals surface area contributed by atoms with E-state index in [9.17, 15) is 5.11 Å². The van der Waals surface area contributed by atoms with Gasteiger partial charge in [0.25, 0.3) is 0 Å². The van der Waals surface area contributed by atoms with E-state index in [2.05, 4.69) is 67.1 Å². The molecule has 0 saturated heterocycles. The molecule has 2 atom stereocenters. The van der Waals surface area contributed by atoms with E-state index in [-0.39, 0.29) is 22.5 Å². The van der Waals surface area contributed by atoms with Crippen LogP contribution in [-0.4, -0.2) is 16.7 Å². The van der Waals surface area contributed by atoms with Gasteiger partial charge in [0.1, 0.15) is 5.60 Å². The maximum Gasteiger partial charge on any atom is 0.116 e. The number of aliphatic hydroxyl groups is 1. The van der Waals surface area contributed by atoms with Gasteiger partial charge in [-0.05, 0) is 63.3 Å². The minimum absolute atomic E-state index is 0. The molecule has 1 aliphatic carbocycles. The Bertz CT molecular complexity index is 754. The number of hydrogen-bond donors (Lipinski definition) is 2. The highest BCUT2D eigenvalue weighted by atomic mass is 79.9. The van der Waals surface area contributed by atoms with E-state index in [4.69, 9.17) is 0 Å². The second kappa shape index (κ2) is 7.51. The molecule has 2 N–H and O–H groups in total. The summed E-state index contributed by atoms with van der Waals surface area (Å²) in [4.78, 5) is 0. The molecule has 0 fully saturated rings. The van der Waals surface area contributed by atoms with Crippen LogP contribution in [0.3, 0.4) is 0 Å². The number of halogens is 2. The fourth-order valence-corrected chi connectivity index (χ4v) is 4.44. The highest BCUT2D eigenvalue weighted by Gasteiger charge is 2.42. The van der Waals surface area contributed by atoms with Crippen LogP contribution in [-0.2, 0) is 5.60 Å². The van der Waals surface area contributed by atoms with Crippen molar-refractivity contribution in [2.75, 3.05) is 0 Å². The Morgan fingerprint density at radius 2 is 1.72 bits per heavy atom. The van der Waals surface area contributed by atoms with Crippen LogP contribution in [0.1, 0.15) is 51.7 Å². The minimum atomic E-state index is -0.913. The third kappa shape index (κ3) is 4.02. The van der Waals surface area contributed by atoms with Crippen molar-refractivity contribution in [2.45, 2.75) is 57.7 Å². The highest BCUT2D eigenvalue weighted by Crippen LogP contribution is 2.52. The lowest BCUT2D eigenvalue weighted by Gasteiger charge is -2.30. The highest BCUT2D eigenvalue weighted by molar-refractivity contribution is 9.10.